The predicted molar refractivity (Wildman–Crippen MR) is 50.8 cm³/mol. The molecule has 0 aliphatic carbocycles. The lowest BCUT2D eigenvalue weighted by molar-refractivity contribution is 0.0784. The van der Waals surface area contributed by atoms with Crippen LogP contribution in [0.25, 0.3) is 0 Å². The Morgan fingerprint density at radius 3 is 2.33 bits per heavy atom. The summed E-state index contributed by atoms with van der Waals surface area (Å²) in [4.78, 5) is 23.1. The summed E-state index contributed by atoms with van der Waals surface area (Å²) in [5.74, 6) is -0.749. The van der Waals surface area contributed by atoms with Gasteiger partial charge in [-0.05, 0) is 31.2 Å². The SMILES string of the molecule is Cc1ccc(C(=O)C(=O)c2ccco2)o1. The summed E-state index contributed by atoms with van der Waals surface area (Å²) in [6.07, 6.45) is 1.34. The number of carbonyl (C=O) groups excluding carboxylic acids is 2. The second kappa shape index (κ2) is 3.57. The zero-order valence-electron chi connectivity index (χ0n) is 8.02. The van der Waals surface area contributed by atoms with Gasteiger partial charge >= 0.3 is 0 Å². The molecule has 15 heavy (non-hydrogen) atoms. The Labute approximate surface area is 85.5 Å². The highest BCUT2D eigenvalue weighted by atomic mass is 16.4. The van der Waals surface area contributed by atoms with Gasteiger partial charge in [0.1, 0.15) is 5.76 Å². The molecule has 0 aromatic carbocycles. The largest absolute Gasteiger partial charge is 0.461 e. The van der Waals surface area contributed by atoms with E-state index in [9.17, 15) is 9.59 Å². The van der Waals surface area contributed by atoms with E-state index >= 15 is 0 Å². The van der Waals surface area contributed by atoms with E-state index in [4.69, 9.17) is 8.83 Å². The predicted octanol–water partition coefficient (Wildman–Crippen LogP) is 2.25. The molecule has 0 unspecified atom stereocenters. The highest BCUT2D eigenvalue weighted by molar-refractivity contribution is 6.47. The number of rotatable bonds is 3. The van der Waals surface area contributed by atoms with Crippen LogP contribution in [0.1, 0.15) is 26.9 Å². The summed E-state index contributed by atoms with van der Waals surface area (Å²) in [5.41, 5.74) is 0. The van der Waals surface area contributed by atoms with E-state index in [1.54, 1.807) is 19.1 Å². The van der Waals surface area contributed by atoms with Crippen molar-refractivity contribution in [2.45, 2.75) is 6.92 Å². The molecule has 0 aliphatic heterocycles. The van der Waals surface area contributed by atoms with Gasteiger partial charge < -0.3 is 8.83 Å². The van der Waals surface area contributed by atoms with Gasteiger partial charge in [-0.2, -0.15) is 0 Å². The summed E-state index contributed by atoms with van der Waals surface area (Å²) in [6, 6.07) is 6.09. The van der Waals surface area contributed by atoms with Crippen molar-refractivity contribution in [2.24, 2.45) is 0 Å². The van der Waals surface area contributed by atoms with Crippen LogP contribution in [0.5, 0.6) is 0 Å². The van der Waals surface area contributed by atoms with Crippen molar-refractivity contribution in [1.82, 2.24) is 0 Å². The fourth-order valence-electron chi connectivity index (χ4n) is 1.19. The lowest BCUT2D eigenvalue weighted by Crippen LogP contribution is -2.12. The molecular weight excluding hydrogens is 196 g/mol. The molecule has 2 heterocycles. The quantitative estimate of drug-likeness (QED) is 0.568. The molecule has 0 bridgehead atoms. The summed E-state index contributed by atoms with van der Waals surface area (Å²) < 4.78 is 9.89. The molecule has 0 saturated carbocycles. The number of Topliss-reactive ketones (excluding diaryl/α,β-unsaturated/α-hetero) is 2. The third-order valence-corrected chi connectivity index (χ3v) is 1.92. The van der Waals surface area contributed by atoms with E-state index in [1.165, 1.54) is 18.4 Å². The molecule has 0 atom stereocenters. The molecule has 2 rings (SSSR count). The van der Waals surface area contributed by atoms with Crippen molar-refractivity contribution in [3.8, 4) is 0 Å². The van der Waals surface area contributed by atoms with Gasteiger partial charge in [-0.15, -0.1) is 0 Å². The first-order valence-electron chi connectivity index (χ1n) is 4.37. The molecule has 0 aliphatic rings. The monoisotopic (exact) mass is 204 g/mol. The minimum Gasteiger partial charge on any atom is -0.461 e. The van der Waals surface area contributed by atoms with Gasteiger partial charge in [0.2, 0.25) is 0 Å². The molecule has 2 aromatic heterocycles. The molecule has 0 radical (unpaired) electrons. The van der Waals surface area contributed by atoms with Gasteiger partial charge in [0.15, 0.2) is 11.5 Å². The van der Waals surface area contributed by atoms with Crippen molar-refractivity contribution < 1.29 is 18.4 Å². The summed E-state index contributed by atoms with van der Waals surface area (Å²) in [5, 5.41) is 0. The third-order valence-electron chi connectivity index (χ3n) is 1.92. The number of hydrogen-bond donors (Lipinski definition) is 0. The van der Waals surface area contributed by atoms with E-state index in [0.717, 1.165) is 0 Å². The second-order valence-electron chi connectivity index (χ2n) is 3.05. The minimum absolute atomic E-state index is 0.0223. The Kier molecular flexibility index (Phi) is 2.25. The normalized spacial score (nSPS) is 10.2. The van der Waals surface area contributed by atoms with Gasteiger partial charge in [-0.3, -0.25) is 9.59 Å². The van der Waals surface area contributed by atoms with E-state index in [2.05, 4.69) is 0 Å². The smallest absolute Gasteiger partial charge is 0.271 e. The van der Waals surface area contributed by atoms with Crippen molar-refractivity contribution in [2.75, 3.05) is 0 Å². The van der Waals surface area contributed by atoms with Crippen molar-refractivity contribution >= 4 is 11.6 Å². The van der Waals surface area contributed by atoms with Gasteiger partial charge in [-0.25, -0.2) is 0 Å². The van der Waals surface area contributed by atoms with E-state index in [0.29, 0.717) is 5.76 Å². The lowest BCUT2D eigenvalue weighted by Gasteiger charge is -1.92. The molecule has 76 valence electrons. The first-order chi connectivity index (χ1) is 7.18. The van der Waals surface area contributed by atoms with Crippen LogP contribution >= 0.6 is 0 Å². The summed E-state index contributed by atoms with van der Waals surface area (Å²) >= 11 is 0. The maximum atomic E-state index is 11.6. The Morgan fingerprint density at radius 1 is 1.07 bits per heavy atom. The standard InChI is InChI=1S/C11H8O4/c1-7-4-5-9(15-7)11(13)10(12)8-3-2-6-14-8/h2-6H,1H3. The first-order valence-corrected chi connectivity index (χ1v) is 4.37. The molecule has 0 saturated heterocycles. The zero-order valence-corrected chi connectivity index (χ0v) is 8.02. The number of ketones is 2. The van der Waals surface area contributed by atoms with Crippen LogP contribution in [0.4, 0.5) is 0 Å². The maximum absolute atomic E-state index is 11.6. The minimum atomic E-state index is -0.700. The second-order valence-corrected chi connectivity index (χ2v) is 3.05. The van der Waals surface area contributed by atoms with Crippen LogP contribution < -0.4 is 0 Å². The Morgan fingerprint density at radius 2 is 1.80 bits per heavy atom. The van der Waals surface area contributed by atoms with E-state index < -0.39 is 11.6 Å². The van der Waals surface area contributed by atoms with Crippen LogP contribution in [0, 0.1) is 6.92 Å². The Bertz CT molecular complexity index is 490. The lowest BCUT2D eigenvalue weighted by atomic mass is 10.2. The van der Waals surface area contributed by atoms with Crippen LogP contribution in [0.3, 0.4) is 0 Å². The average Bonchev–Trinajstić information content (AvgIpc) is 2.85. The zero-order chi connectivity index (χ0) is 10.8. The van der Waals surface area contributed by atoms with Gasteiger partial charge in [0.05, 0.1) is 6.26 Å². The Balaban J connectivity index is 2.26. The van der Waals surface area contributed by atoms with E-state index in [1.807, 2.05) is 0 Å². The third kappa shape index (κ3) is 1.74. The van der Waals surface area contributed by atoms with Gasteiger partial charge in [0.25, 0.3) is 11.6 Å². The average molecular weight is 204 g/mol. The molecule has 0 fully saturated rings. The van der Waals surface area contributed by atoms with Crippen molar-refractivity contribution in [1.29, 1.82) is 0 Å². The molecule has 4 heteroatoms. The summed E-state index contributed by atoms with van der Waals surface area (Å²) in [6.45, 7) is 1.70. The number of carbonyl (C=O) groups is 2. The number of aryl methyl sites for hydroxylation is 1. The fraction of sp³-hybridized carbons (Fsp3) is 0.0909. The first kappa shape index (κ1) is 9.45. The molecule has 0 amide bonds. The molecular formula is C11H8O4. The molecule has 4 nitrogen and oxygen atoms in total. The van der Waals surface area contributed by atoms with Crippen LogP contribution in [-0.2, 0) is 0 Å². The fourth-order valence-corrected chi connectivity index (χ4v) is 1.19. The maximum Gasteiger partial charge on any atom is 0.271 e. The number of hydrogen-bond acceptors (Lipinski definition) is 4. The topological polar surface area (TPSA) is 60.4 Å². The highest BCUT2D eigenvalue weighted by Gasteiger charge is 2.23. The number of furan rings is 2. The Hall–Kier alpha value is -2.10. The molecule has 0 N–H and O–H groups in total. The van der Waals surface area contributed by atoms with Gasteiger partial charge in [0, 0.05) is 0 Å². The van der Waals surface area contributed by atoms with E-state index in [-0.39, 0.29) is 11.5 Å². The molecule has 0 spiro atoms. The van der Waals surface area contributed by atoms with Crippen LogP contribution in [0.2, 0.25) is 0 Å². The highest BCUT2D eigenvalue weighted by Crippen LogP contribution is 2.11. The van der Waals surface area contributed by atoms with Crippen molar-refractivity contribution in [3.05, 3.63) is 47.8 Å². The van der Waals surface area contributed by atoms with Crippen LogP contribution in [0.15, 0.2) is 39.4 Å². The summed E-state index contributed by atoms with van der Waals surface area (Å²) in [7, 11) is 0. The van der Waals surface area contributed by atoms with Crippen molar-refractivity contribution in [3.63, 3.8) is 0 Å². The van der Waals surface area contributed by atoms with Gasteiger partial charge in [-0.1, -0.05) is 0 Å². The molecule has 2 aromatic rings. The van der Waals surface area contributed by atoms with Crippen LogP contribution in [-0.4, -0.2) is 11.6 Å².